The Morgan fingerprint density at radius 1 is 1.62 bits per heavy atom. The molecule has 13 heavy (non-hydrogen) atoms. The molecule has 0 bridgehead atoms. The summed E-state index contributed by atoms with van der Waals surface area (Å²) in [6.07, 6.45) is 0.712. The molecule has 0 aliphatic rings. The number of carbonyl (C=O) groups excluding carboxylic acids is 1. The van der Waals surface area contributed by atoms with Crippen molar-refractivity contribution in [1.82, 2.24) is 5.32 Å². The van der Waals surface area contributed by atoms with Gasteiger partial charge in [-0.05, 0) is 12.0 Å². The van der Waals surface area contributed by atoms with Crippen LogP contribution in [0.25, 0.3) is 10.4 Å². The summed E-state index contributed by atoms with van der Waals surface area (Å²) >= 11 is 0. The number of hydrogen-bond acceptors (Lipinski definition) is 3. The first kappa shape index (κ1) is 11.7. The Bertz CT molecular complexity index is 183. The lowest BCUT2D eigenvalue weighted by Crippen LogP contribution is -2.24. The molecule has 0 aromatic rings. The monoisotopic (exact) mass is 186 g/mol. The number of rotatable bonds is 7. The van der Waals surface area contributed by atoms with Crippen LogP contribution in [-0.4, -0.2) is 32.2 Å². The highest BCUT2D eigenvalue weighted by molar-refractivity contribution is 5.72. The maximum absolute atomic E-state index is 10.4. The van der Waals surface area contributed by atoms with Gasteiger partial charge in [-0.25, -0.2) is 0 Å². The van der Waals surface area contributed by atoms with Crippen molar-refractivity contribution in [2.75, 3.05) is 26.3 Å². The number of carbonyl (C=O) groups is 1. The summed E-state index contributed by atoms with van der Waals surface area (Å²) in [4.78, 5) is 13.0. The molecule has 0 atom stereocenters. The normalized spacial score (nSPS) is 9.00. The van der Waals surface area contributed by atoms with Gasteiger partial charge in [-0.1, -0.05) is 5.11 Å². The molecule has 0 aromatic heterocycles. The van der Waals surface area contributed by atoms with Gasteiger partial charge in [0.15, 0.2) is 0 Å². The highest BCUT2D eigenvalue weighted by atomic mass is 16.5. The number of nitrogens with one attached hydrogen (secondary N) is 1. The largest absolute Gasteiger partial charge is 0.380 e. The lowest BCUT2D eigenvalue weighted by molar-refractivity contribution is -0.119. The van der Waals surface area contributed by atoms with E-state index in [0.717, 1.165) is 0 Å². The Morgan fingerprint density at radius 3 is 3.00 bits per heavy atom. The van der Waals surface area contributed by atoms with E-state index in [1.807, 2.05) is 0 Å². The molecule has 0 unspecified atom stereocenters. The fourth-order valence-electron chi connectivity index (χ4n) is 0.683. The zero-order valence-corrected chi connectivity index (χ0v) is 7.69. The summed E-state index contributed by atoms with van der Waals surface area (Å²) < 4.78 is 5.13. The van der Waals surface area contributed by atoms with E-state index in [1.54, 1.807) is 0 Å². The predicted octanol–water partition coefficient (Wildman–Crippen LogP) is 0.839. The van der Waals surface area contributed by atoms with E-state index in [0.29, 0.717) is 32.7 Å². The van der Waals surface area contributed by atoms with Gasteiger partial charge in [0.25, 0.3) is 0 Å². The Labute approximate surface area is 76.9 Å². The van der Waals surface area contributed by atoms with Gasteiger partial charge in [0, 0.05) is 31.5 Å². The highest BCUT2D eigenvalue weighted by Gasteiger charge is 1.90. The second-order valence-electron chi connectivity index (χ2n) is 2.40. The fraction of sp³-hybridized carbons (Fsp3) is 0.857. The van der Waals surface area contributed by atoms with Crippen LogP contribution < -0.4 is 5.32 Å². The minimum atomic E-state index is -0.0577. The Kier molecular flexibility index (Phi) is 7.98. The van der Waals surface area contributed by atoms with Gasteiger partial charge in [0.05, 0.1) is 6.61 Å². The van der Waals surface area contributed by atoms with Gasteiger partial charge in [-0.2, -0.15) is 0 Å². The Hall–Kier alpha value is -1.26. The van der Waals surface area contributed by atoms with Crippen LogP contribution in [0.2, 0.25) is 0 Å². The topological polar surface area (TPSA) is 87.1 Å². The smallest absolute Gasteiger partial charge is 0.216 e. The predicted molar refractivity (Wildman–Crippen MR) is 48.1 cm³/mol. The summed E-state index contributed by atoms with van der Waals surface area (Å²) in [5, 5.41) is 5.95. The van der Waals surface area contributed by atoms with Crippen LogP contribution in [0.5, 0.6) is 0 Å². The quantitative estimate of drug-likeness (QED) is 0.276. The third-order valence-corrected chi connectivity index (χ3v) is 1.23. The molecule has 1 amide bonds. The van der Waals surface area contributed by atoms with E-state index in [9.17, 15) is 4.79 Å². The van der Waals surface area contributed by atoms with Gasteiger partial charge in [-0.3, -0.25) is 4.79 Å². The first-order valence-electron chi connectivity index (χ1n) is 4.10. The highest BCUT2D eigenvalue weighted by Crippen LogP contribution is 1.83. The van der Waals surface area contributed by atoms with Crippen molar-refractivity contribution in [2.45, 2.75) is 13.3 Å². The molecule has 74 valence electrons. The van der Waals surface area contributed by atoms with Crippen molar-refractivity contribution in [1.29, 1.82) is 0 Å². The van der Waals surface area contributed by atoms with Crippen LogP contribution in [0, 0.1) is 0 Å². The molecule has 0 spiro atoms. The van der Waals surface area contributed by atoms with Crippen molar-refractivity contribution in [3.05, 3.63) is 10.4 Å². The van der Waals surface area contributed by atoms with Crippen LogP contribution in [0.15, 0.2) is 5.11 Å². The van der Waals surface area contributed by atoms with Crippen LogP contribution in [0.3, 0.4) is 0 Å². The maximum Gasteiger partial charge on any atom is 0.216 e. The summed E-state index contributed by atoms with van der Waals surface area (Å²) in [7, 11) is 0. The summed E-state index contributed by atoms with van der Waals surface area (Å²) in [6.45, 7) is 3.49. The van der Waals surface area contributed by atoms with Gasteiger partial charge < -0.3 is 10.1 Å². The average molecular weight is 186 g/mol. The Balaban J connectivity index is 2.99. The summed E-state index contributed by atoms with van der Waals surface area (Å²) in [5.41, 5.74) is 7.94. The van der Waals surface area contributed by atoms with Crippen molar-refractivity contribution in [2.24, 2.45) is 5.11 Å². The van der Waals surface area contributed by atoms with Crippen molar-refractivity contribution in [3.8, 4) is 0 Å². The number of amides is 1. The van der Waals surface area contributed by atoms with Gasteiger partial charge >= 0.3 is 0 Å². The van der Waals surface area contributed by atoms with Gasteiger partial charge in [0.1, 0.15) is 0 Å². The molecule has 0 aliphatic heterocycles. The molecular weight excluding hydrogens is 172 g/mol. The summed E-state index contributed by atoms with van der Waals surface area (Å²) in [5.74, 6) is -0.0577. The zero-order chi connectivity index (χ0) is 9.94. The molecule has 0 saturated carbocycles. The van der Waals surface area contributed by atoms with Gasteiger partial charge in [-0.15, -0.1) is 0 Å². The molecule has 0 heterocycles. The lowest BCUT2D eigenvalue weighted by atomic mass is 10.5. The molecule has 0 aliphatic carbocycles. The number of nitrogens with zero attached hydrogens (tertiary/aromatic N) is 3. The van der Waals surface area contributed by atoms with E-state index >= 15 is 0 Å². The van der Waals surface area contributed by atoms with Crippen LogP contribution >= 0.6 is 0 Å². The second kappa shape index (κ2) is 8.83. The van der Waals surface area contributed by atoms with E-state index in [-0.39, 0.29) is 5.91 Å². The molecule has 6 heteroatoms. The van der Waals surface area contributed by atoms with Crippen molar-refractivity contribution >= 4 is 5.91 Å². The molecular formula is C7H14N4O2. The van der Waals surface area contributed by atoms with Crippen molar-refractivity contribution in [3.63, 3.8) is 0 Å². The first-order valence-corrected chi connectivity index (χ1v) is 4.10. The molecule has 0 rings (SSSR count). The van der Waals surface area contributed by atoms with Gasteiger partial charge in [0.2, 0.25) is 5.91 Å². The van der Waals surface area contributed by atoms with Crippen LogP contribution in [-0.2, 0) is 9.53 Å². The minimum Gasteiger partial charge on any atom is -0.380 e. The van der Waals surface area contributed by atoms with Crippen LogP contribution in [0.1, 0.15) is 13.3 Å². The van der Waals surface area contributed by atoms with Crippen molar-refractivity contribution < 1.29 is 9.53 Å². The molecule has 0 radical (unpaired) electrons. The molecule has 1 N–H and O–H groups in total. The summed E-state index contributed by atoms with van der Waals surface area (Å²) in [6, 6.07) is 0. The third-order valence-electron chi connectivity index (χ3n) is 1.23. The number of azide groups is 1. The SMILES string of the molecule is CC(=O)NCCOCCCN=[N+]=[N-]. The molecule has 6 nitrogen and oxygen atoms in total. The standard InChI is InChI=1S/C7H14N4O2/c1-7(12)9-4-6-13-5-2-3-10-11-8/h2-6H2,1H3,(H,9,12). The molecule has 0 aromatic carbocycles. The second-order valence-corrected chi connectivity index (χ2v) is 2.40. The molecule has 0 fully saturated rings. The van der Waals surface area contributed by atoms with E-state index in [4.69, 9.17) is 10.3 Å². The zero-order valence-electron chi connectivity index (χ0n) is 7.69. The minimum absolute atomic E-state index is 0.0577. The molecule has 0 saturated heterocycles. The maximum atomic E-state index is 10.4. The van der Waals surface area contributed by atoms with E-state index in [1.165, 1.54) is 6.92 Å². The van der Waals surface area contributed by atoms with Crippen LogP contribution in [0.4, 0.5) is 0 Å². The van der Waals surface area contributed by atoms with E-state index < -0.39 is 0 Å². The number of ether oxygens (including phenoxy) is 1. The third kappa shape index (κ3) is 10.7. The van der Waals surface area contributed by atoms with E-state index in [2.05, 4.69) is 15.3 Å². The fourth-order valence-corrected chi connectivity index (χ4v) is 0.683. The average Bonchev–Trinajstić information content (AvgIpc) is 2.09. The lowest BCUT2D eigenvalue weighted by Gasteiger charge is -2.02. The first-order chi connectivity index (χ1) is 6.27. The Morgan fingerprint density at radius 2 is 2.38 bits per heavy atom. The number of hydrogen-bond donors (Lipinski definition) is 1.